The van der Waals surface area contributed by atoms with Gasteiger partial charge in [-0.15, -0.1) is 0 Å². The molecule has 1 saturated heterocycles. The predicted octanol–water partition coefficient (Wildman–Crippen LogP) is 2.74. The fraction of sp³-hybridized carbons (Fsp3) is 0.357. The van der Waals surface area contributed by atoms with E-state index in [9.17, 15) is 19.2 Å². The van der Waals surface area contributed by atoms with Crippen molar-refractivity contribution < 1.29 is 23.9 Å². The van der Waals surface area contributed by atoms with Crippen molar-refractivity contribution in [3.63, 3.8) is 0 Å². The SMILES string of the molecule is C=CC(=O)NCCCCC(NC(=O)OCc1ccccc1)C(=O)N1CCN(C(=O)c2ccccc2)CC1. The minimum atomic E-state index is -0.769. The third-order valence-electron chi connectivity index (χ3n) is 6.11. The van der Waals surface area contributed by atoms with Gasteiger partial charge in [0.1, 0.15) is 12.6 Å². The van der Waals surface area contributed by atoms with E-state index in [-0.39, 0.29) is 24.3 Å². The molecule has 0 aromatic heterocycles. The van der Waals surface area contributed by atoms with Gasteiger partial charge in [-0.1, -0.05) is 55.1 Å². The molecule has 37 heavy (non-hydrogen) atoms. The Hall–Kier alpha value is -4.14. The fourth-order valence-corrected chi connectivity index (χ4v) is 4.04. The summed E-state index contributed by atoms with van der Waals surface area (Å²) >= 11 is 0. The van der Waals surface area contributed by atoms with E-state index < -0.39 is 12.1 Å². The molecule has 4 amide bonds. The zero-order valence-corrected chi connectivity index (χ0v) is 20.9. The average molecular weight is 507 g/mol. The number of rotatable bonds is 11. The largest absolute Gasteiger partial charge is 0.445 e. The van der Waals surface area contributed by atoms with Crippen molar-refractivity contribution in [2.45, 2.75) is 31.9 Å². The smallest absolute Gasteiger partial charge is 0.408 e. The van der Waals surface area contributed by atoms with E-state index in [2.05, 4.69) is 17.2 Å². The van der Waals surface area contributed by atoms with E-state index in [4.69, 9.17) is 4.74 Å². The molecule has 9 heteroatoms. The van der Waals surface area contributed by atoms with Gasteiger partial charge in [-0.25, -0.2) is 4.79 Å². The van der Waals surface area contributed by atoms with E-state index >= 15 is 0 Å². The van der Waals surface area contributed by atoms with Gasteiger partial charge >= 0.3 is 6.09 Å². The van der Waals surface area contributed by atoms with Crippen molar-refractivity contribution in [1.29, 1.82) is 0 Å². The molecule has 0 spiro atoms. The van der Waals surface area contributed by atoms with Gasteiger partial charge in [-0.3, -0.25) is 14.4 Å². The van der Waals surface area contributed by atoms with E-state index in [0.29, 0.717) is 57.5 Å². The first-order valence-electron chi connectivity index (χ1n) is 12.5. The van der Waals surface area contributed by atoms with Crippen LogP contribution in [0.2, 0.25) is 0 Å². The number of carbonyl (C=O) groups excluding carboxylic acids is 4. The van der Waals surface area contributed by atoms with Gasteiger partial charge < -0.3 is 25.2 Å². The van der Waals surface area contributed by atoms with E-state index in [1.54, 1.807) is 21.9 Å². The summed E-state index contributed by atoms with van der Waals surface area (Å²) in [5.74, 6) is -0.523. The van der Waals surface area contributed by atoms with Crippen molar-refractivity contribution in [1.82, 2.24) is 20.4 Å². The lowest BCUT2D eigenvalue weighted by atomic mass is 10.1. The highest BCUT2D eigenvalue weighted by Gasteiger charge is 2.30. The second-order valence-electron chi connectivity index (χ2n) is 8.73. The maximum Gasteiger partial charge on any atom is 0.408 e. The van der Waals surface area contributed by atoms with Gasteiger partial charge in [0.05, 0.1) is 0 Å². The van der Waals surface area contributed by atoms with Crippen LogP contribution in [-0.2, 0) is 20.9 Å². The highest BCUT2D eigenvalue weighted by atomic mass is 16.5. The number of alkyl carbamates (subject to hydrolysis) is 1. The van der Waals surface area contributed by atoms with Crippen LogP contribution in [0.5, 0.6) is 0 Å². The van der Waals surface area contributed by atoms with E-state index in [0.717, 1.165) is 5.56 Å². The number of unbranched alkanes of at least 4 members (excludes halogenated alkanes) is 1. The number of ether oxygens (including phenoxy) is 1. The Kier molecular flexibility index (Phi) is 10.7. The Balaban J connectivity index is 1.54. The zero-order valence-electron chi connectivity index (χ0n) is 20.9. The topological polar surface area (TPSA) is 108 Å². The van der Waals surface area contributed by atoms with Crippen LogP contribution >= 0.6 is 0 Å². The Morgan fingerprint density at radius 3 is 2.16 bits per heavy atom. The predicted molar refractivity (Wildman–Crippen MR) is 140 cm³/mol. The summed E-state index contributed by atoms with van der Waals surface area (Å²) < 4.78 is 5.33. The summed E-state index contributed by atoms with van der Waals surface area (Å²) in [5.41, 5.74) is 1.46. The molecule has 0 aliphatic carbocycles. The molecule has 2 aromatic carbocycles. The van der Waals surface area contributed by atoms with Gasteiger partial charge in [0, 0.05) is 38.3 Å². The van der Waals surface area contributed by atoms with Crippen LogP contribution in [-0.4, -0.2) is 72.4 Å². The van der Waals surface area contributed by atoms with Crippen LogP contribution in [0.4, 0.5) is 4.79 Å². The van der Waals surface area contributed by atoms with Crippen LogP contribution in [0, 0.1) is 0 Å². The maximum atomic E-state index is 13.3. The molecule has 1 aliphatic heterocycles. The average Bonchev–Trinajstić information content (AvgIpc) is 2.95. The Labute approximate surface area is 217 Å². The van der Waals surface area contributed by atoms with Crippen LogP contribution in [0.25, 0.3) is 0 Å². The van der Waals surface area contributed by atoms with Crippen molar-refractivity contribution in [3.05, 3.63) is 84.4 Å². The van der Waals surface area contributed by atoms with Crippen LogP contribution < -0.4 is 10.6 Å². The summed E-state index contributed by atoms with van der Waals surface area (Å²) in [7, 11) is 0. The quantitative estimate of drug-likeness (QED) is 0.360. The lowest BCUT2D eigenvalue weighted by Gasteiger charge is -2.36. The Morgan fingerprint density at radius 1 is 0.892 bits per heavy atom. The van der Waals surface area contributed by atoms with Gasteiger partial charge in [0.15, 0.2) is 0 Å². The zero-order chi connectivity index (χ0) is 26.5. The molecular weight excluding hydrogens is 472 g/mol. The highest BCUT2D eigenvalue weighted by molar-refractivity contribution is 5.94. The first-order chi connectivity index (χ1) is 18.0. The minimum absolute atomic E-state index is 0.0616. The number of amides is 4. The molecular formula is C28H34N4O5. The molecule has 1 unspecified atom stereocenters. The third-order valence-corrected chi connectivity index (χ3v) is 6.11. The van der Waals surface area contributed by atoms with Gasteiger partial charge in [-0.05, 0) is 43.0 Å². The van der Waals surface area contributed by atoms with Crippen LogP contribution in [0.1, 0.15) is 35.2 Å². The number of carbonyl (C=O) groups is 4. The van der Waals surface area contributed by atoms with Crippen LogP contribution in [0.15, 0.2) is 73.3 Å². The minimum Gasteiger partial charge on any atom is -0.445 e. The molecule has 2 aromatic rings. The molecule has 1 fully saturated rings. The highest BCUT2D eigenvalue weighted by Crippen LogP contribution is 2.12. The molecule has 0 saturated carbocycles. The summed E-state index contributed by atoms with van der Waals surface area (Å²) in [4.78, 5) is 53.3. The van der Waals surface area contributed by atoms with Crippen molar-refractivity contribution in [2.75, 3.05) is 32.7 Å². The summed E-state index contributed by atoms with van der Waals surface area (Å²) in [6.45, 7) is 5.56. The summed E-state index contributed by atoms with van der Waals surface area (Å²) in [6, 6.07) is 17.6. The second-order valence-corrected chi connectivity index (χ2v) is 8.73. The Morgan fingerprint density at radius 2 is 1.51 bits per heavy atom. The molecule has 196 valence electrons. The molecule has 3 rings (SSSR count). The fourth-order valence-electron chi connectivity index (χ4n) is 4.04. The molecule has 2 N–H and O–H groups in total. The molecule has 1 heterocycles. The summed E-state index contributed by atoms with van der Waals surface area (Å²) in [5, 5.41) is 5.42. The van der Waals surface area contributed by atoms with Crippen molar-refractivity contribution in [2.24, 2.45) is 0 Å². The molecule has 0 bridgehead atoms. The first kappa shape index (κ1) is 27.4. The molecule has 1 aliphatic rings. The molecule has 0 radical (unpaired) electrons. The number of hydrogen-bond donors (Lipinski definition) is 2. The maximum absolute atomic E-state index is 13.3. The number of benzene rings is 2. The summed E-state index contributed by atoms with van der Waals surface area (Å²) in [6.07, 6.45) is 2.19. The van der Waals surface area contributed by atoms with Crippen LogP contribution in [0.3, 0.4) is 0 Å². The normalized spacial score (nSPS) is 13.8. The monoisotopic (exact) mass is 506 g/mol. The number of nitrogens with one attached hydrogen (secondary N) is 2. The molecule has 9 nitrogen and oxygen atoms in total. The Bertz CT molecular complexity index is 1050. The third kappa shape index (κ3) is 8.79. The lowest BCUT2D eigenvalue weighted by molar-refractivity contribution is -0.135. The number of nitrogens with zero attached hydrogens (tertiary/aromatic N) is 2. The van der Waals surface area contributed by atoms with E-state index in [1.165, 1.54) is 6.08 Å². The van der Waals surface area contributed by atoms with Crippen molar-refractivity contribution in [3.8, 4) is 0 Å². The van der Waals surface area contributed by atoms with Gasteiger partial charge in [0.2, 0.25) is 11.8 Å². The standard InChI is InChI=1S/C28H34N4O5/c1-2-25(33)29-16-10-9-15-24(30-28(36)37-21-22-11-5-3-6-12-22)27(35)32-19-17-31(18-20-32)26(34)23-13-7-4-8-14-23/h2-8,11-14,24H,1,9-10,15-21H2,(H,29,33)(H,30,36). The van der Waals surface area contributed by atoms with Crippen molar-refractivity contribution >= 4 is 23.8 Å². The first-order valence-corrected chi connectivity index (χ1v) is 12.5. The van der Waals surface area contributed by atoms with E-state index in [1.807, 2.05) is 48.5 Å². The molecule has 1 atom stereocenters. The van der Waals surface area contributed by atoms with Gasteiger partial charge in [0.25, 0.3) is 5.91 Å². The number of hydrogen-bond acceptors (Lipinski definition) is 5. The second kappa shape index (κ2) is 14.4. The lowest BCUT2D eigenvalue weighted by Crippen LogP contribution is -2.55. The number of piperazine rings is 1. The van der Waals surface area contributed by atoms with Gasteiger partial charge in [-0.2, -0.15) is 0 Å².